The lowest BCUT2D eigenvalue weighted by atomic mass is 10.0. The van der Waals surface area contributed by atoms with E-state index in [1.54, 1.807) is 0 Å². The quantitative estimate of drug-likeness (QED) is 0.701. The summed E-state index contributed by atoms with van der Waals surface area (Å²) in [6.07, 6.45) is 0. The molecular weight excluding hydrogens is 338 g/mol. The van der Waals surface area contributed by atoms with E-state index in [0.29, 0.717) is 0 Å². The highest BCUT2D eigenvalue weighted by Gasteiger charge is 2.20. The Morgan fingerprint density at radius 3 is 1.96 bits per heavy atom. The maximum Gasteiger partial charge on any atom is 0.337 e. The molecule has 0 aliphatic carbocycles. The van der Waals surface area contributed by atoms with Gasteiger partial charge < -0.3 is 5.11 Å². The lowest BCUT2D eigenvalue weighted by molar-refractivity contribution is 0.0697. The highest BCUT2D eigenvalue weighted by Crippen LogP contribution is 2.30. The molecule has 2 aromatic carbocycles. The number of hydrogen-bond acceptors (Lipinski definition) is 2. The second-order valence-electron chi connectivity index (χ2n) is 5.10. The molecule has 1 N–H and O–H groups in total. The summed E-state index contributed by atoms with van der Waals surface area (Å²) in [5.74, 6) is -6.17. The molecule has 7 heteroatoms. The Kier molecular flexibility index (Phi) is 4.22. The van der Waals surface area contributed by atoms with Crippen LogP contribution in [0.2, 0.25) is 0 Å². The lowest BCUT2D eigenvalue weighted by Gasteiger charge is -2.10. The minimum Gasteiger partial charge on any atom is -0.478 e. The molecule has 0 unspecified atom stereocenters. The van der Waals surface area contributed by atoms with Gasteiger partial charge in [0.2, 0.25) is 0 Å². The number of carboxylic acid groups (broad SMARTS) is 1. The van der Waals surface area contributed by atoms with Crippen molar-refractivity contribution in [3.8, 4) is 22.5 Å². The lowest BCUT2D eigenvalue weighted by Crippen LogP contribution is -2.05. The van der Waals surface area contributed by atoms with Crippen molar-refractivity contribution in [2.45, 2.75) is 0 Å². The van der Waals surface area contributed by atoms with Crippen molar-refractivity contribution in [1.82, 2.24) is 4.98 Å². The van der Waals surface area contributed by atoms with Crippen LogP contribution in [0.3, 0.4) is 0 Å². The number of halogens is 4. The topological polar surface area (TPSA) is 50.2 Å². The molecule has 0 radical (unpaired) electrons. The number of aromatic nitrogens is 1. The van der Waals surface area contributed by atoms with Gasteiger partial charge in [-0.15, -0.1) is 0 Å². The summed E-state index contributed by atoms with van der Waals surface area (Å²) in [4.78, 5) is 15.3. The molecule has 3 aromatic rings. The van der Waals surface area contributed by atoms with Crippen LogP contribution >= 0.6 is 0 Å². The van der Waals surface area contributed by atoms with Gasteiger partial charge in [0.05, 0.1) is 17.0 Å². The predicted molar refractivity (Wildman–Crippen MR) is 81.9 cm³/mol. The first kappa shape index (κ1) is 16.6. The Hall–Kier alpha value is -3.22. The van der Waals surface area contributed by atoms with E-state index in [1.807, 2.05) is 0 Å². The van der Waals surface area contributed by atoms with Crippen LogP contribution in [0.4, 0.5) is 17.6 Å². The average molecular weight is 347 g/mol. The van der Waals surface area contributed by atoms with Crippen LogP contribution in [0.25, 0.3) is 22.5 Å². The first-order valence-electron chi connectivity index (χ1n) is 7.03. The number of aromatic carboxylic acids is 1. The Morgan fingerprint density at radius 1 is 0.800 bits per heavy atom. The molecule has 0 saturated carbocycles. The molecule has 0 spiro atoms. The number of benzene rings is 2. The SMILES string of the molecule is O=C(O)c1ccc(-c2cccc(F)c2F)nc1-c1cccc(F)c1F. The van der Waals surface area contributed by atoms with Gasteiger partial charge in [0.1, 0.15) is 0 Å². The van der Waals surface area contributed by atoms with Crippen LogP contribution in [-0.2, 0) is 0 Å². The Labute approximate surface area is 139 Å². The monoisotopic (exact) mass is 347 g/mol. The highest BCUT2D eigenvalue weighted by atomic mass is 19.2. The molecule has 126 valence electrons. The van der Waals surface area contributed by atoms with Gasteiger partial charge in [-0.3, -0.25) is 0 Å². The zero-order valence-electron chi connectivity index (χ0n) is 12.4. The van der Waals surface area contributed by atoms with Crippen molar-refractivity contribution < 1.29 is 27.5 Å². The fourth-order valence-corrected chi connectivity index (χ4v) is 2.38. The average Bonchev–Trinajstić information content (AvgIpc) is 2.59. The molecule has 0 atom stereocenters. The standard InChI is InChI=1S/C18H9F4NO2/c19-12-5-1-3-9(15(12)21)14-8-7-11(18(24)25)17(23-14)10-4-2-6-13(20)16(10)22/h1-8H,(H,24,25). The molecular formula is C18H9F4NO2. The first-order chi connectivity index (χ1) is 11.9. The van der Waals surface area contributed by atoms with Gasteiger partial charge in [0.25, 0.3) is 0 Å². The van der Waals surface area contributed by atoms with Crippen LogP contribution in [-0.4, -0.2) is 16.1 Å². The Morgan fingerprint density at radius 2 is 1.36 bits per heavy atom. The minimum atomic E-state index is -1.42. The van der Waals surface area contributed by atoms with Gasteiger partial charge in [-0.2, -0.15) is 0 Å². The summed E-state index contributed by atoms with van der Waals surface area (Å²) in [6, 6.07) is 8.87. The largest absolute Gasteiger partial charge is 0.478 e. The number of carboxylic acids is 1. The fourth-order valence-electron chi connectivity index (χ4n) is 2.38. The number of carbonyl (C=O) groups is 1. The van der Waals surface area contributed by atoms with Gasteiger partial charge in [-0.05, 0) is 36.4 Å². The molecule has 0 bridgehead atoms. The number of rotatable bonds is 3. The van der Waals surface area contributed by atoms with Crippen molar-refractivity contribution in [2.75, 3.05) is 0 Å². The number of hydrogen-bond donors (Lipinski definition) is 1. The maximum absolute atomic E-state index is 14.1. The molecule has 0 saturated heterocycles. The summed E-state index contributed by atoms with van der Waals surface area (Å²) < 4.78 is 54.9. The maximum atomic E-state index is 14.1. The van der Waals surface area contributed by atoms with E-state index < -0.39 is 40.4 Å². The molecule has 0 aliphatic heterocycles. The van der Waals surface area contributed by atoms with Gasteiger partial charge in [0.15, 0.2) is 23.3 Å². The van der Waals surface area contributed by atoms with Crippen LogP contribution < -0.4 is 0 Å². The van der Waals surface area contributed by atoms with Gasteiger partial charge >= 0.3 is 5.97 Å². The normalized spacial score (nSPS) is 10.7. The fraction of sp³-hybridized carbons (Fsp3) is 0. The van der Waals surface area contributed by atoms with E-state index in [9.17, 15) is 27.5 Å². The molecule has 0 amide bonds. The van der Waals surface area contributed by atoms with Crippen LogP contribution in [0.15, 0.2) is 48.5 Å². The molecule has 3 nitrogen and oxygen atoms in total. The minimum absolute atomic E-state index is 0.110. The van der Waals surface area contributed by atoms with Crippen LogP contribution in [0.5, 0.6) is 0 Å². The summed E-state index contributed by atoms with van der Waals surface area (Å²) in [7, 11) is 0. The summed E-state index contributed by atoms with van der Waals surface area (Å²) in [5, 5.41) is 9.26. The first-order valence-corrected chi connectivity index (χ1v) is 7.03. The second kappa shape index (κ2) is 6.35. The number of nitrogens with zero attached hydrogens (tertiary/aromatic N) is 1. The molecule has 0 aliphatic rings. The molecule has 1 heterocycles. The van der Waals surface area contributed by atoms with Crippen molar-refractivity contribution >= 4 is 5.97 Å². The van der Waals surface area contributed by atoms with E-state index in [-0.39, 0.29) is 17.0 Å². The molecule has 25 heavy (non-hydrogen) atoms. The van der Waals surface area contributed by atoms with Gasteiger partial charge in [-0.25, -0.2) is 27.3 Å². The predicted octanol–water partition coefficient (Wildman–Crippen LogP) is 4.67. The third kappa shape index (κ3) is 2.96. The van der Waals surface area contributed by atoms with Gasteiger partial charge in [-0.1, -0.05) is 12.1 Å². The zero-order chi connectivity index (χ0) is 18.1. The molecule has 1 aromatic heterocycles. The van der Waals surface area contributed by atoms with Crippen molar-refractivity contribution in [3.05, 3.63) is 77.4 Å². The highest BCUT2D eigenvalue weighted by molar-refractivity contribution is 5.95. The van der Waals surface area contributed by atoms with Crippen molar-refractivity contribution in [3.63, 3.8) is 0 Å². The van der Waals surface area contributed by atoms with E-state index >= 15 is 0 Å². The third-order valence-electron chi connectivity index (χ3n) is 3.56. The Balaban J connectivity index is 2.28. The van der Waals surface area contributed by atoms with Gasteiger partial charge in [0, 0.05) is 11.1 Å². The van der Waals surface area contributed by atoms with E-state index in [2.05, 4.69) is 4.98 Å². The van der Waals surface area contributed by atoms with E-state index in [4.69, 9.17) is 0 Å². The summed E-state index contributed by atoms with van der Waals surface area (Å²) in [5.41, 5.74) is -1.51. The smallest absolute Gasteiger partial charge is 0.337 e. The van der Waals surface area contributed by atoms with E-state index in [0.717, 1.165) is 24.3 Å². The van der Waals surface area contributed by atoms with Crippen LogP contribution in [0, 0.1) is 23.3 Å². The number of pyridine rings is 1. The molecule has 3 rings (SSSR count). The summed E-state index contributed by atoms with van der Waals surface area (Å²) >= 11 is 0. The zero-order valence-corrected chi connectivity index (χ0v) is 12.4. The van der Waals surface area contributed by atoms with E-state index in [1.165, 1.54) is 24.3 Å². The molecule has 0 fully saturated rings. The second-order valence-corrected chi connectivity index (χ2v) is 5.10. The van der Waals surface area contributed by atoms with Crippen molar-refractivity contribution in [2.24, 2.45) is 0 Å². The third-order valence-corrected chi connectivity index (χ3v) is 3.56. The summed E-state index contributed by atoms with van der Waals surface area (Å²) in [6.45, 7) is 0. The van der Waals surface area contributed by atoms with Crippen molar-refractivity contribution in [1.29, 1.82) is 0 Å². The Bertz CT molecular complexity index is 989. The van der Waals surface area contributed by atoms with Crippen LogP contribution in [0.1, 0.15) is 10.4 Å².